The molecule has 0 saturated carbocycles. The molecule has 26 heavy (non-hydrogen) atoms. The average Bonchev–Trinajstić information content (AvgIpc) is 2.62. The SMILES string of the molecule is COC(=O)c1ccc(OC)c(NS(=O)(=O)c2ccc(OC)c(C)c2C)c1. The lowest BCUT2D eigenvalue weighted by atomic mass is 10.1. The van der Waals surface area contributed by atoms with Crippen LogP contribution in [-0.2, 0) is 14.8 Å². The third-order valence-electron chi connectivity index (χ3n) is 4.06. The van der Waals surface area contributed by atoms with E-state index in [0.29, 0.717) is 11.3 Å². The van der Waals surface area contributed by atoms with Crippen molar-refractivity contribution in [2.75, 3.05) is 26.1 Å². The summed E-state index contributed by atoms with van der Waals surface area (Å²) in [5, 5.41) is 0. The Kier molecular flexibility index (Phi) is 5.76. The Labute approximate surface area is 152 Å². The number of hydrogen-bond acceptors (Lipinski definition) is 6. The zero-order chi connectivity index (χ0) is 19.5. The van der Waals surface area contributed by atoms with Crippen LogP contribution in [0.3, 0.4) is 0 Å². The molecule has 2 rings (SSSR count). The van der Waals surface area contributed by atoms with Gasteiger partial charge in [-0.3, -0.25) is 4.72 Å². The van der Waals surface area contributed by atoms with E-state index in [2.05, 4.69) is 9.46 Å². The molecular weight excluding hydrogens is 358 g/mol. The van der Waals surface area contributed by atoms with E-state index < -0.39 is 16.0 Å². The fourth-order valence-electron chi connectivity index (χ4n) is 2.52. The maximum Gasteiger partial charge on any atom is 0.337 e. The number of methoxy groups -OCH3 is 3. The number of rotatable bonds is 6. The predicted octanol–water partition coefficient (Wildman–Crippen LogP) is 2.91. The first-order valence-electron chi connectivity index (χ1n) is 7.68. The second-order valence-corrected chi connectivity index (χ2v) is 7.18. The predicted molar refractivity (Wildman–Crippen MR) is 97.6 cm³/mol. The second-order valence-electron chi connectivity index (χ2n) is 5.53. The molecule has 8 heteroatoms. The van der Waals surface area contributed by atoms with Gasteiger partial charge in [0.2, 0.25) is 0 Å². The molecule has 2 aromatic rings. The summed E-state index contributed by atoms with van der Waals surface area (Å²) in [7, 11) is 0.275. The van der Waals surface area contributed by atoms with Crippen molar-refractivity contribution >= 4 is 21.7 Å². The number of esters is 1. The summed E-state index contributed by atoms with van der Waals surface area (Å²) < 4.78 is 43.3. The van der Waals surface area contributed by atoms with Crippen molar-refractivity contribution in [1.82, 2.24) is 0 Å². The van der Waals surface area contributed by atoms with Crippen molar-refractivity contribution in [3.05, 3.63) is 47.0 Å². The van der Waals surface area contributed by atoms with Crippen LogP contribution in [0.2, 0.25) is 0 Å². The molecule has 0 aliphatic carbocycles. The zero-order valence-electron chi connectivity index (χ0n) is 15.2. The summed E-state index contributed by atoms with van der Waals surface area (Å²) in [5.41, 5.74) is 1.64. The molecule has 0 aliphatic rings. The number of nitrogens with one attached hydrogen (secondary N) is 1. The Bertz CT molecular complexity index is 937. The Morgan fingerprint density at radius 2 is 1.54 bits per heavy atom. The summed E-state index contributed by atoms with van der Waals surface area (Å²) >= 11 is 0. The maximum absolute atomic E-state index is 12.9. The van der Waals surface area contributed by atoms with E-state index >= 15 is 0 Å². The Morgan fingerprint density at radius 3 is 2.12 bits per heavy atom. The van der Waals surface area contributed by atoms with E-state index in [1.807, 2.05) is 0 Å². The highest BCUT2D eigenvalue weighted by Crippen LogP contribution is 2.31. The Hall–Kier alpha value is -2.74. The van der Waals surface area contributed by atoms with Crippen molar-refractivity contribution < 1.29 is 27.4 Å². The summed E-state index contributed by atoms with van der Waals surface area (Å²) in [6.07, 6.45) is 0. The van der Waals surface area contributed by atoms with Gasteiger partial charge < -0.3 is 14.2 Å². The van der Waals surface area contributed by atoms with E-state index in [9.17, 15) is 13.2 Å². The maximum atomic E-state index is 12.9. The fourth-order valence-corrected chi connectivity index (χ4v) is 3.88. The Balaban J connectivity index is 2.50. The standard InChI is InChI=1S/C18H21NO6S/c1-11-12(2)17(9-8-15(11)23-3)26(21,22)19-14-10-13(18(20)25-5)6-7-16(14)24-4/h6-10,19H,1-5H3. The molecular formula is C18H21NO6S. The highest BCUT2D eigenvalue weighted by atomic mass is 32.2. The number of carbonyl (C=O) groups is 1. The van der Waals surface area contributed by atoms with Crippen molar-refractivity contribution in [1.29, 1.82) is 0 Å². The molecule has 140 valence electrons. The molecule has 0 heterocycles. The zero-order valence-corrected chi connectivity index (χ0v) is 16.1. The van der Waals surface area contributed by atoms with Gasteiger partial charge in [0.25, 0.3) is 10.0 Å². The van der Waals surface area contributed by atoms with Gasteiger partial charge in [-0.2, -0.15) is 0 Å². The van der Waals surface area contributed by atoms with Gasteiger partial charge in [0.1, 0.15) is 11.5 Å². The minimum Gasteiger partial charge on any atom is -0.496 e. The molecule has 2 aromatic carbocycles. The van der Waals surface area contributed by atoms with Crippen molar-refractivity contribution in [3.63, 3.8) is 0 Å². The normalized spacial score (nSPS) is 11.0. The van der Waals surface area contributed by atoms with Crippen LogP contribution in [0.25, 0.3) is 0 Å². The number of hydrogen-bond donors (Lipinski definition) is 1. The lowest BCUT2D eigenvalue weighted by molar-refractivity contribution is 0.0600. The largest absolute Gasteiger partial charge is 0.496 e. The van der Waals surface area contributed by atoms with Crippen LogP contribution < -0.4 is 14.2 Å². The first-order chi connectivity index (χ1) is 12.2. The van der Waals surface area contributed by atoms with Crippen LogP contribution in [0.5, 0.6) is 11.5 Å². The monoisotopic (exact) mass is 379 g/mol. The van der Waals surface area contributed by atoms with Gasteiger partial charge in [0.05, 0.1) is 37.5 Å². The number of ether oxygens (including phenoxy) is 3. The third-order valence-corrected chi connectivity index (χ3v) is 5.57. The summed E-state index contributed by atoms with van der Waals surface area (Å²) in [6.45, 7) is 3.49. The minimum atomic E-state index is -3.91. The topological polar surface area (TPSA) is 90.9 Å². The van der Waals surface area contributed by atoms with Crippen LogP contribution in [0.1, 0.15) is 21.5 Å². The van der Waals surface area contributed by atoms with E-state index in [-0.39, 0.29) is 21.9 Å². The van der Waals surface area contributed by atoms with Gasteiger partial charge in [0.15, 0.2) is 0 Å². The van der Waals surface area contributed by atoms with Crippen LogP contribution in [0, 0.1) is 13.8 Å². The van der Waals surface area contributed by atoms with Gasteiger partial charge >= 0.3 is 5.97 Å². The third kappa shape index (κ3) is 3.75. The van der Waals surface area contributed by atoms with Gasteiger partial charge in [-0.15, -0.1) is 0 Å². The molecule has 0 amide bonds. The number of anilines is 1. The molecule has 0 spiro atoms. The lowest BCUT2D eigenvalue weighted by Crippen LogP contribution is -2.16. The van der Waals surface area contributed by atoms with Crippen LogP contribution in [0.4, 0.5) is 5.69 Å². The molecule has 0 aromatic heterocycles. The number of carbonyl (C=O) groups excluding carboxylic acids is 1. The summed E-state index contributed by atoms with van der Waals surface area (Å²) in [6, 6.07) is 7.43. The van der Waals surface area contributed by atoms with Gasteiger partial charge in [-0.1, -0.05) is 0 Å². The molecule has 0 bridgehead atoms. The van der Waals surface area contributed by atoms with Gasteiger partial charge in [-0.05, 0) is 55.3 Å². The fraction of sp³-hybridized carbons (Fsp3) is 0.278. The average molecular weight is 379 g/mol. The van der Waals surface area contributed by atoms with Crippen LogP contribution in [0.15, 0.2) is 35.2 Å². The summed E-state index contributed by atoms with van der Waals surface area (Å²) in [5.74, 6) is 0.306. The molecule has 0 saturated heterocycles. The molecule has 0 aliphatic heterocycles. The van der Waals surface area contributed by atoms with Gasteiger partial charge in [-0.25, -0.2) is 13.2 Å². The first-order valence-corrected chi connectivity index (χ1v) is 9.16. The van der Waals surface area contributed by atoms with Crippen molar-refractivity contribution in [2.24, 2.45) is 0 Å². The number of benzene rings is 2. The number of sulfonamides is 1. The molecule has 1 N–H and O–H groups in total. The van der Waals surface area contributed by atoms with Crippen molar-refractivity contribution in [3.8, 4) is 11.5 Å². The van der Waals surface area contributed by atoms with E-state index in [1.54, 1.807) is 19.9 Å². The van der Waals surface area contributed by atoms with Crippen molar-refractivity contribution in [2.45, 2.75) is 18.7 Å². The van der Waals surface area contributed by atoms with Gasteiger partial charge in [0, 0.05) is 0 Å². The summed E-state index contributed by atoms with van der Waals surface area (Å²) in [4.78, 5) is 11.8. The van der Waals surface area contributed by atoms with Crippen LogP contribution >= 0.6 is 0 Å². The molecule has 0 atom stereocenters. The van der Waals surface area contributed by atoms with Crippen LogP contribution in [-0.4, -0.2) is 35.7 Å². The lowest BCUT2D eigenvalue weighted by Gasteiger charge is -2.16. The highest BCUT2D eigenvalue weighted by molar-refractivity contribution is 7.92. The van der Waals surface area contributed by atoms with E-state index in [1.165, 1.54) is 45.6 Å². The second kappa shape index (κ2) is 7.65. The molecule has 7 nitrogen and oxygen atoms in total. The molecule has 0 unspecified atom stereocenters. The Morgan fingerprint density at radius 1 is 0.923 bits per heavy atom. The quantitative estimate of drug-likeness (QED) is 0.776. The smallest absolute Gasteiger partial charge is 0.337 e. The first kappa shape index (κ1) is 19.6. The van der Waals surface area contributed by atoms with E-state index in [0.717, 1.165) is 5.56 Å². The van der Waals surface area contributed by atoms with E-state index in [4.69, 9.17) is 9.47 Å². The minimum absolute atomic E-state index is 0.112. The highest BCUT2D eigenvalue weighted by Gasteiger charge is 2.22. The molecule has 0 radical (unpaired) electrons. The molecule has 0 fully saturated rings.